The van der Waals surface area contributed by atoms with E-state index in [1.54, 1.807) is 18.4 Å². The molecular weight excluding hydrogens is 316 g/mol. The molecule has 0 spiro atoms. The van der Waals surface area contributed by atoms with Crippen molar-refractivity contribution in [1.29, 1.82) is 0 Å². The van der Waals surface area contributed by atoms with Crippen LogP contribution in [0.4, 0.5) is 5.82 Å². The van der Waals surface area contributed by atoms with Crippen molar-refractivity contribution in [3.8, 4) is 0 Å². The van der Waals surface area contributed by atoms with Crippen LogP contribution in [-0.2, 0) is 19.5 Å². The third-order valence-corrected chi connectivity index (χ3v) is 4.33. The summed E-state index contributed by atoms with van der Waals surface area (Å²) < 4.78 is 5.25. The quantitative estimate of drug-likeness (QED) is 0.794. The van der Waals surface area contributed by atoms with Gasteiger partial charge >= 0.3 is 0 Å². The molecule has 6 heteroatoms. The zero-order chi connectivity index (χ0) is 17.1. The van der Waals surface area contributed by atoms with Gasteiger partial charge in [-0.05, 0) is 41.8 Å². The average Bonchev–Trinajstić information content (AvgIpc) is 3.19. The Balaban J connectivity index is 1.41. The van der Waals surface area contributed by atoms with Crippen LogP contribution in [0.15, 0.2) is 59.2 Å². The molecule has 0 atom stereocenters. The van der Waals surface area contributed by atoms with E-state index in [-0.39, 0.29) is 5.91 Å². The number of fused-ring (bicyclic) bond motifs is 1. The van der Waals surface area contributed by atoms with Crippen molar-refractivity contribution in [2.45, 2.75) is 19.5 Å². The second kappa shape index (κ2) is 6.76. The summed E-state index contributed by atoms with van der Waals surface area (Å²) in [6, 6.07) is 15.4. The van der Waals surface area contributed by atoms with Crippen molar-refractivity contribution < 1.29 is 9.21 Å². The molecule has 4 rings (SSSR count). The number of hydrogen-bond donors (Lipinski definition) is 1. The summed E-state index contributed by atoms with van der Waals surface area (Å²) in [5.41, 5.74) is 2.88. The number of rotatable bonds is 4. The highest BCUT2D eigenvalue weighted by atomic mass is 16.3. The summed E-state index contributed by atoms with van der Waals surface area (Å²) in [5, 5.41) is 11.3. The third-order valence-electron chi connectivity index (χ3n) is 4.33. The minimum Gasteiger partial charge on any atom is -0.467 e. The predicted octanol–water partition coefficient (Wildman–Crippen LogP) is 2.88. The summed E-state index contributed by atoms with van der Waals surface area (Å²) in [4.78, 5) is 14.5. The van der Waals surface area contributed by atoms with Crippen LogP contribution in [-0.4, -0.2) is 27.5 Å². The van der Waals surface area contributed by atoms with Gasteiger partial charge in [-0.3, -0.25) is 4.79 Å². The lowest BCUT2D eigenvalue weighted by Crippen LogP contribution is -2.36. The highest BCUT2D eigenvalue weighted by Crippen LogP contribution is 2.20. The van der Waals surface area contributed by atoms with Crippen molar-refractivity contribution in [1.82, 2.24) is 15.1 Å². The first kappa shape index (κ1) is 15.4. The van der Waals surface area contributed by atoms with Gasteiger partial charge in [0.25, 0.3) is 5.91 Å². The molecule has 1 aromatic carbocycles. The monoisotopic (exact) mass is 334 g/mol. The van der Waals surface area contributed by atoms with Gasteiger partial charge in [0.2, 0.25) is 0 Å². The molecule has 3 aromatic rings. The maximum Gasteiger partial charge on any atom is 0.274 e. The van der Waals surface area contributed by atoms with Gasteiger partial charge in [0.15, 0.2) is 5.69 Å². The molecule has 0 unspecified atom stereocenters. The first-order chi connectivity index (χ1) is 12.3. The molecule has 0 fully saturated rings. The summed E-state index contributed by atoms with van der Waals surface area (Å²) in [6.45, 7) is 1.85. The van der Waals surface area contributed by atoms with Crippen molar-refractivity contribution in [2.75, 3.05) is 11.9 Å². The fourth-order valence-corrected chi connectivity index (χ4v) is 2.96. The lowest BCUT2D eigenvalue weighted by atomic mass is 10.00. The Morgan fingerprint density at radius 2 is 1.96 bits per heavy atom. The van der Waals surface area contributed by atoms with Crippen LogP contribution in [0.25, 0.3) is 0 Å². The van der Waals surface area contributed by atoms with E-state index >= 15 is 0 Å². The van der Waals surface area contributed by atoms with Gasteiger partial charge in [0.05, 0.1) is 12.8 Å². The largest absolute Gasteiger partial charge is 0.467 e. The molecule has 1 amide bonds. The summed E-state index contributed by atoms with van der Waals surface area (Å²) in [5.74, 6) is 1.34. The topological polar surface area (TPSA) is 71.3 Å². The first-order valence-electron chi connectivity index (χ1n) is 8.25. The number of carbonyl (C=O) groups excluding carboxylic acids is 1. The number of benzene rings is 1. The van der Waals surface area contributed by atoms with Crippen LogP contribution in [0, 0.1) is 0 Å². The minimum atomic E-state index is -0.0837. The van der Waals surface area contributed by atoms with Crippen molar-refractivity contribution in [3.63, 3.8) is 0 Å². The fourth-order valence-electron chi connectivity index (χ4n) is 2.96. The van der Waals surface area contributed by atoms with Gasteiger partial charge in [-0.2, -0.15) is 0 Å². The molecule has 0 saturated heterocycles. The van der Waals surface area contributed by atoms with Crippen molar-refractivity contribution in [3.05, 3.63) is 77.4 Å². The Labute approximate surface area is 145 Å². The Hall–Kier alpha value is -3.15. The fraction of sp³-hybridized carbons (Fsp3) is 0.211. The molecule has 0 saturated carbocycles. The van der Waals surface area contributed by atoms with Crippen LogP contribution in [0.5, 0.6) is 0 Å². The molecule has 2 aromatic heterocycles. The van der Waals surface area contributed by atoms with Gasteiger partial charge in [-0.1, -0.05) is 24.3 Å². The Kier molecular flexibility index (Phi) is 4.16. The zero-order valence-electron chi connectivity index (χ0n) is 13.7. The summed E-state index contributed by atoms with van der Waals surface area (Å²) in [7, 11) is 0. The summed E-state index contributed by atoms with van der Waals surface area (Å²) >= 11 is 0. The van der Waals surface area contributed by atoms with E-state index in [0.29, 0.717) is 31.1 Å². The predicted molar refractivity (Wildman–Crippen MR) is 93.0 cm³/mol. The van der Waals surface area contributed by atoms with Gasteiger partial charge in [0.1, 0.15) is 11.6 Å². The van der Waals surface area contributed by atoms with E-state index in [2.05, 4.69) is 27.6 Å². The average molecular weight is 334 g/mol. The Bertz CT molecular complexity index is 859. The van der Waals surface area contributed by atoms with Gasteiger partial charge < -0.3 is 14.6 Å². The molecule has 1 aliphatic rings. The van der Waals surface area contributed by atoms with Crippen LogP contribution in [0.1, 0.15) is 27.4 Å². The van der Waals surface area contributed by atoms with Gasteiger partial charge in [-0.25, -0.2) is 0 Å². The van der Waals surface area contributed by atoms with Crippen molar-refractivity contribution >= 4 is 11.7 Å². The molecule has 25 heavy (non-hydrogen) atoms. The molecule has 126 valence electrons. The van der Waals surface area contributed by atoms with Crippen LogP contribution >= 0.6 is 0 Å². The second-order valence-corrected chi connectivity index (χ2v) is 5.98. The lowest BCUT2D eigenvalue weighted by molar-refractivity contribution is 0.0727. The number of nitrogens with zero attached hydrogens (tertiary/aromatic N) is 3. The van der Waals surface area contributed by atoms with Gasteiger partial charge in [-0.15, -0.1) is 10.2 Å². The standard InChI is InChI=1S/C19H18N4O2/c24-19(23-10-9-14-4-1-2-5-15(14)13-23)17-7-8-18(22-21-17)20-12-16-6-3-11-25-16/h1-8,11H,9-10,12-13H2,(H,20,22). The highest BCUT2D eigenvalue weighted by Gasteiger charge is 2.22. The SMILES string of the molecule is O=C(c1ccc(NCc2ccco2)nn1)N1CCc2ccccc2C1. The number of anilines is 1. The number of amides is 1. The Morgan fingerprint density at radius 1 is 1.08 bits per heavy atom. The van der Waals surface area contributed by atoms with E-state index in [9.17, 15) is 4.79 Å². The number of hydrogen-bond acceptors (Lipinski definition) is 5. The zero-order valence-corrected chi connectivity index (χ0v) is 13.7. The van der Waals surface area contributed by atoms with E-state index < -0.39 is 0 Å². The van der Waals surface area contributed by atoms with Gasteiger partial charge in [0, 0.05) is 13.1 Å². The smallest absolute Gasteiger partial charge is 0.274 e. The molecule has 3 heterocycles. The minimum absolute atomic E-state index is 0.0837. The summed E-state index contributed by atoms with van der Waals surface area (Å²) in [6.07, 6.45) is 2.50. The molecule has 1 N–H and O–H groups in total. The normalized spacial score (nSPS) is 13.4. The maximum atomic E-state index is 12.7. The van der Waals surface area contributed by atoms with Crippen LogP contribution in [0.3, 0.4) is 0 Å². The maximum absolute atomic E-state index is 12.7. The number of furan rings is 1. The van der Waals surface area contributed by atoms with E-state index in [1.165, 1.54) is 11.1 Å². The highest BCUT2D eigenvalue weighted by molar-refractivity contribution is 5.92. The van der Waals surface area contributed by atoms with E-state index in [1.807, 2.05) is 29.2 Å². The first-order valence-corrected chi connectivity index (χ1v) is 8.25. The van der Waals surface area contributed by atoms with E-state index in [4.69, 9.17) is 4.42 Å². The molecule has 6 nitrogen and oxygen atoms in total. The molecular formula is C19H18N4O2. The van der Waals surface area contributed by atoms with Crippen LogP contribution < -0.4 is 5.32 Å². The Morgan fingerprint density at radius 3 is 2.72 bits per heavy atom. The molecule has 0 radical (unpaired) electrons. The van der Waals surface area contributed by atoms with Crippen LogP contribution in [0.2, 0.25) is 0 Å². The van der Waals surface area contributed by atoms with E-state index in [0.717, 1.165) is 12.2 Å². The molecule has 1 aliphatic heterocycles. The van der Waals surface area contributed by atoms with Crippen molar-refractivity contribution in [2.24, 2.45) is 0 Å². The number of aromatic nitrogens is 2. The third kappa shape index (κ3) is 3.38. The number of nitrogens with one attached hydrogen (secondary N) is 1. The number of carbonyl (C=O) groups is 1. The molecule has 0 aliphatic carbocycles. The second-order valence-electron chi connectivity index (χ2n) is 5.98. The molecule has 0 bridgehead atoms. The lowest BCUT2D eigenvalue weighted by Gasteiger charge is -2.28.